The van der Waals surface area contributed by atoms with E-state index in [1.807, 2.05) is 6.07 Å². The highest BCUT2D eigenvalue weighted by molar-refractivity contribution is 5.97. The van der Waals surface area contributed by atoms with Gasteiger partial charge in [0.1, 0.15) is 24.2 Å². The lowest BCUT2D eigenvalue weighted by molar-refractivity contribution is -0.139. The van der Waals surface area contributed by atoms with Crippen LogP contribution in [0.1, 0.15) is 16.8 Å². The lowest BCUT2D eigenvalue weighted by atomic mass is 10.1. The van der Waals surface area contributed by atoms with Crippen molar-refractivity contribution < 1.29 is 23.5 Å². The molecule has 0 radical (unpaired) electrons. The first-order valence-electron chi connectivity index (χ1n) is 8.99. The highest BCUT2D eigenvalue weighted by atomic mass is 16.5. The molecular weight excluding hydrogens is 350 g/mol. The van der Waals surface area contributed by atoms with E-state index in [9.17, 15) is 9.59 Å². The molecule has 2 aliphatic rings. The van der Waals surface area contributed by atoms with Crippen LogP contribution in [-0.4, -0.2) is 71.6 Å². The maximum atomic E-state index is 13.1. The molecule has 8 nitrogen and oxygen atoms in total. The first kappa shape index (κ1) is 17.5. The summed E-state index contributed by atoms with van der Waals surface area (Å²) < 4.78 is 16.3. The summed E-state index contributed by atoms with van der Waals surface area (Å²) in [5.41, 5.74) is 0.428. The topological polar surface area (TPSA) is 85.1 Å². The van der Waals surface area contributed by atoms with E-state index in [1.54, 1.807) is 34.3 Å². The Morgan fingerprint density at radius 1 is 1.22 bits per heavy atom. The molecule has 4 heterocycles. The number of ether oxygens (including phenoxy) is 2. The number of furan rings is 1. The van der Waals surface area contributed by atoms with E-state index < -0.39 is 6.04 Å². The number of hydrogen-bond acceptors (Lipinski definition) is 6. The Balaban J connectivity index is 1.53. The fourth-order valence-electron chi connectivity index (χ4n) is 3.50. The van der Waals surface area contributed by atoms with E-state index in [4.69, 9.17) is 13.9 Å². The molecule has 2 atom stereocenters. The first-order valence-corrected chi connectivity index (χ1v) is 8.99. The zero-order valence-electron chi connectivity index (χ0n) is 14.8. The summed E-state index contributed by atoms with van der Waals surface area (Å²) in [5, 5.41) is 0. The van der Waals surface area contributed by atoms with Crippen LogP contribution in [0, 0.1) is 0 Å². The summed E-state index contributed by atoms with van der Waals surface area (Å²) in [6.07, 6.45) is 6.30. The van der Waals surface area contributed by atoms with Crippen molar-refractivity contribution in [3.05, 3.63) is 48.7 Å². The smallest absolute Gasteiger partial charge is 0.257 e. The number of carbonyl (C=O) groups excluding carboxylic acids is 2. The predicted molar refractivity (Wildman–Crippen MR) is 94.2 cm³/mol. The Hall–Kier alpha value is -2.87. The van der Waals surface area contributed by atoms with Crippen molar-refractivity contribution in [1.29, 1.82) is 0 Å². The van der Waals surface area contributed by atoms with Gasteiger partial charge in [-0.3, -0.25) is 14.6 Å². The van der Waals surface area contributed by atoms with Crippen molar-refractivity contribution in [1.82, 2.24) is 14.8 Å². The van der Waals surface area contributed by atoms with Gasteiger partial charge < -0.3 is 23.7 Å². The molecular formula is C19H21N3O5. The molecule has 0 N–H and O–H groups in total. The summed E-state index contributed by atoms with van der Waals surface area (Å²) >= 11 is 0. The van der Waals surface area contributed by atoms with Crippen molar-refractivity contribution in [2.45, 2.75) is 18.6 Å². The minimum Gasteiger partial charge on any atom is -0.487 e. The first-order chi connectivity index (χ1) is 13.2. The fourth-order valence-corrected chi connectivity index (χ4v) is 3.50. The van der Waals surface area contributed by atoms with Crippen LogP contribution in [0.25, 0.3) is 0 Å². The van der Waals surface area contributed by atoms with Gasteiger partial charge in [-0.15, -0.1) is 0 Å². The molecule has 2 amide bonds. The second-order valence-corrected chi connectivity index (χ2v) is 6.59. The van der Waals surface area contributed by atoms with Gasteiger partial charge >= 0.3 is 0 Å². The van der Waals surface area contributed by atoms with Crippen molar-refractivity contribution in [3.63, 3.8) is 0 Å². The molecule has 0 spiro atoms. The van der Waals surface area contributed by atoms with Crippen molar-refractivity contribution >= 4 is 11.8 Å². The molecule has 2 fully saturated rings. The maximum absolute atomic E-state index is 13.1. The SMILES string of the molecule is O=C([C@@H]1C[C@H](Oc2cccnc2)CN1C(=O)c1ccoc1)N1CCOCC1. The number of morpholine rings is 1. The number of nitrogens with zero attached hydrogens (tertiary/aromatic N) is 3. The van der Waals surface area contributed by atoms with E-state index in [0.29, 0.717) is 50.6 Å². The maximum Gasteiger partial charge on any atom is 0.257 e. The van der Waals surface area contributed by atoms with Gasteiger partial charge in [0, 0.05) is 25.7 Å². The zero-order valence-corrected chi connectivity index (χ0v) is 14.8. The molecule has 2 aliphatic heterocycles. The number of hydrogen-bond donors (Lipinski definition) is 0. The average molecular weight is 371 g/mol. The van der Waals surface area contributed by atoms with Gasteiger partial charge in [-0.2, -0.15) is 0 Å². The molecule has 0 bridgehead atoms. The van der Waals surface area contributed by atoms with E-state index in [-0.39, 0.29) is 17.9 Å². The van der Waals surface area contributed by atoms with Crippen molar-refractivity contribution in [3.8, 4) is 5.75 Å². The van der Waals surface area contributed by atoms with Crippen LogP contribution in [0.15, 0.2) is 47.5 Å². The molecule has 0 unspecified atom stereocenters. The Bertz CT molecular complexity index is 774. The van der Waals surface area contributed by atoms with Gasteiger partial charge in [0.2, 0.25) is 5.91 Å². The third-order valence-electron chi connectivity index (χ3n) is 4.84. The van der Waals surface area contributed by atoms with Gasteiger partial charge in [-0.05, 0) is 18.2 Å². The predicted octanol–water partition coefficient (Wildman–Crippen LogP) is 1.20. The number of carbonyl (C=O) groups is 2. The summed E-state index contributed by atoms with van der Waals surface area (Å²) in [5.74, 6) is 0.331. The summed E-state index contributed by atoms with van der Waals surface area (Å²) in [4.78, 5) is 33.4. The number of amides is 2. The molecule has 0 aromatic carbocycles. The van der Waals surface area contributed by atoms with Gasteiger partial charge in [-0.25, -0.2) is 0 Å². The summed E-state index contributed by atoms with van der Waals surface area (Å²) in [6.45, 7) is 2.45. The Morgan fingerprint density at radius 3 is 2.78 bits per heavy atom. The molecule has 4 rings (SSSR count). The molecule has 0 saturated carbocycles. The lowest BCUT2D eigenvalue weighted by Crippen LogP contribution is -2.51. The van der Waals surface area contributed by atoms with Crippen molar-refractivity contribution in [2.24, 2.45) is 0 Å². The summed E-state index contributed by atoms with van der Waals surface area (Å²) in [6, 6.07) is 4.64. The second kappa shape index (κ2) is 7.79. The Morgan fingerprint density at radius 2 is 2.07 bits per heavy atom. The highest BCUT2D eigenvalue weighted by Gasteiger charge is 2.43. The number of aromatic nitrogens is 1. The summed E-state index contributed by atoms with van der Waals surface area (Å²) in [7, 11) is 0. The van der Waals surface area contributed by atoms with E-state index >= 15 is 0 Å². The van der Waals surface area contributed by atoms with Crippen LogP contribution < -0.4 is 4.74 Å². The molecule has 142 valence electrons. The normalized spacial score (nSPS) is 22.7. The lowest BCUT2D eigenvalue weighted by Gasteiger charge is -2.32. The largest absolute Gasteiger partial charge is 0.487 e. The third-order valence-corrected chi connectivity index (χ3v) is 4.84. The Labute approximate surface area is 156 Å². The van der Waals surface area contributed by atoms with Crippen LogP contribution in [0.3, 0.4) is 0 Å². The quantitative estimate of drug-likeness (QED) is 0.803. The molecule has 2 aromatic rings. The molecule has 2 saturated heterocycles. The molecule has 8 heteroatoms. The van der Waals surface area contributed by atoms with Crippen LogP contribution in [0.5, 0.6) is 5.75 Å². The second-order valence-electron chi connectivity index (χ2n) is 6.59. The molecule has 0 aliphatic carbocycles. The Kier molecular flexibility index (Phi) is 5.06. The number of likely N-dealkylation sites (tertiary alicyclic amines) is 1. The molecule has 2 aromatic heterocycles. The minimum absolute atomic E-state index is 0.0626. The van der Waals surface area contributed by atoms with Crippen LogP contribution in [-0.2, 0) is 9.53 Å². The van der Waals surface area contributed by atoms with Crippen molar-refractivity contribution in [2.75, 3.05) is 32.8 Å². The van der Waals surface area contributed by atoms with Gasteiger partial charge in [-0.1, -0.05) is 0 Å². The highest BCUT2D eigenvalue weighted by Crippen LogP contribution is 2.26. The van der Waals surface area contributed by atoms with E-state index in [2.05, 4.69) is 4.98 Å². The van der Waals surface area contributed by atoms with E-state index in [1.165, 1.54) is 12.5 Å². The zero-order chi connectivity index (χ0) is 18.6. The number of pyridine rings is 1. The fraction of sp³-hybridized carbons (Fsp3) is 0.421. The van der Waals surface area contributed by atoms with E-state index in [0.717, 1.165) is 0 Å². The monoisotopic (exact) mass is 371 g/mol. The van der Waals surface area contributed by atoms with Gasteiger partial charge in [0.05, 0.1) is 37.8 Å². The van der Waals surface area contributed by atoms with Crippen LogP contribution >= 0.6 is 0 Å². The van der Waals surface area contributed by atoms with Gasteiger partial charge in [0.15, 0.2) is 0 Å². The third kappa shape index (κ3) is 3.80. The van der Waals surface area contributed by atoms with Crippen LogP contribution in [0.2, 0.25) is 0 Å². The standard InChI is InChI=1S/C19H21N3O5/c23-18(14-3-7-26-13-14)22-12-16(27-15-2-1-4-20-11-15)10-17(22)19(24)21-5-8-25-9-6-21/h1-4,7,11,13,16-17H,5-6,8-10,12H2/t16-,17-/m0/s1. The minimum atomic E-state index is -0.563. The van der Waals surface area contributed by atoms with Crippen LogP contribution in [0.4, 0.5) is 0 Å². The molecule has 27 heavy (non-hydrogen) atoms. The average Bonchev–Trinajstić information content (AvgIpc) is 3.39. The number of rotatable bonds is 4. The van der Waals surface area contributed by atoms with Gasteiger partial charge in [0.25, 0.3) is 5.91 Å².